The van der Waals surface area contributed by atoms with Crippen LogP contribution in [0.25, 0.3) is 6.08 Å². The Hall–Kier alpha value is -3.20. The second-order valence-corrected chi connectivity index (χ2v) is 5.63. The first kappa shape index (κ1) is 19.1. The molecule has 0 spiro atoms. The summed E-state index contributed by atoms with van der Waals surface area (Å²) in [6.45, 7) is 5.06. The van der Waals surface area contributed by atoms with E-state index in [0.29, 0.717) is 17.7 Å². The quantitative estimate of drug-likeness (QED) is 0.313. The molecule has 0 atom stereocenters. The van der Waals surface area contributed by atoms with E-state index in [1.807, 2.05) is 24.5 Å². The van der Waals surface area contributed by atoms with Gasteiger partial charge >= 0.3 is 6.61 Å². The number of carbonyl (C=O) groups is 1. The number of aromatic nitrogens is 1. The third-order valence-corrected chi connectivity index (χ3v) is 3.91. The van der Waals surface area contributed by atoms with Crippen LogP contribution in [0.1, 0.15) is 27.3 Å². The van der Waals surface area contributed by atoms with Crippen molar-refractivity contribution in [2.75, 3.05) is 0 Å². The smallest absolute Gasteiger partial charge is 0.387 e. The van der Waals surface area contributed by atoms with E-state index in [0.717, 1.165) is 11.4 Å². The van der Waals surface area contributed by atoms with Gasteiger partial charge in [0.05, 0.1) is 0 Å². The molecule has 0 fully saturated rings. The lowest BCUT2D eigenvalue weighted by Crippen LogP contribution is -2.06. The molecular formula is C20H18F2N2O2. The molecule has 0 N–H and O–H groups in total. The van der Waals surface area contributed by atoms with Crippen molar-refractivity contribution in [1.29, 1.82) is 5.26 Å². The molecule has 2 aromatic rings. The van der Waals surface area contributed by atoms with Crippen molar-refractivity contribution in [1.82, 2.24) is 4.57 Å². The minimum atomic E-state index is -2.90. The van der Waals surface area contributed by atoms with Crippen LogP contribution in [0, 0.1) is 25.2 Å². The molecule has 6 heteroatoms. The zero-order valence-electron chi connectivity index (χ0n) is 14.5. The number of carbonyl (C=O) groups excluding carboxylic acids is 1. The number of hydrogen-bond acceptors (Lipinski definition) is 3. The van der Waals surface area contributed by atoms with Gasteiger partial charge in [0, 0.05) is 23.5 Å². The summed E-state index contributed by atoms with van der Waals surface area (Å²) >= 11 is 0. The molecule has 0 saturated carbocycles. The summed E-state index contributed by atoms with van der Waals surface area (Å²) in [7, 11) is 0. The third-order valence-electron chi connectivity index (χ3n) is 3.91. The van der Waals surface area contributed by atoms with Crippen LogP contribution in [0.15, 0.2) is 48.6 Å². The van der Waals surface area contributed by atoms with E-state index in [1.54, 1.807) is 12.1 Å². The Morgan fingerprint density at radius 1 is 1.35 bits per heavy atom. The molecule has 1 aromatic carbocycles. The van der Waals surface area contributed by atoms with Crippen LogP contribution in [0.5, 0.6) is 5.75 Å². The number of rotatable bonds is 7. The van der Waals surface area contributed by atoms with Crippen LogP contribution in [-0.2, 0) is 6.54 Å². The van der Waals surface area contributed by atoms with Gasteiger partial charge in [-0.05, 0) is 43.7 Å². The van der Waals surface area contributed by atoms with E-state index < -0.39 is 6.61 Å². The van der Waals surface area contributed by atoms with Crippen molar-refractivity contribution >= 4 is 11.9 Å². The number of halogens is 2. The van der Waals surface area contributed by atoms with Gasteiger partial charge in [0.1, 0.15) is 17.4 Å². The summed E-state index contributed by atoms with van der Waals surface area (Å²) in [6, 6.07) is 9.37. The Morgan fingerprint density at radius 2 is 2.00 bits per heavy atom. The highest BCUT2D eigenvalue weighted by Crippen LogP contribution is 2.21. The molecule has 0 aliphatic heterocycles. The Bertz CT molecular complexity index is 888. The van der Waals surface area contributed by atoms with Gasteiger partial charge in [-0.25, -0.2) is 0 Å². The highest BCUT2D eigenvalue weighted by atomic mass is 19.3. The van der Waals surface area contributed by atoms with E-state index in [1.165, 1.54) is 30.3 Å². The first-order valence-corrected chi connectivity index (χ1v) is 7.86. The Kier molecular flexibility index (Phi) is 6.07. The Labute approximate surface area is 150 Å². The number of nitriles is 1. The molecule has 4 nitrogen and oxygen atoms in total. The summed E-state index contributed by atoms with van der Waals surface area (Å²) < 4.78 is 30.6. The number of Topliss-reactive ketones (excluding diaryl/α,β-unsaturated/α-hetero) is 1. The summed E-state index contributed by atoms with van der Waals surface area (Å²) in [4.78, 5) is 12.7. The lowest BCUT2D eigenvalue weighted by Gasteiger charge is -2.06. The van der Waals surface area contributed by atoms with Crippen LogP contribution in [0.3, 0.4) is 0 Å². The van der Waals surface area contributed by atoms with Crippen LogP contribution in [0.4, 0.5) is 8.78 Å². The number of ketones is 1. The lowest BCUT2D eigenvalue weighted by molar-refractivity contribution is -0.0498. The molecule has 0 bridgehead atoms. The van der Waals surface area contributed by atoms with Gasteiger partial charge in [-0.2, -0.15) is 14.0 Å². The van der Waals surface area contributed by atoms with Crippen molar-refractivity contribution in [3.8, 4) is 11.8 Å². The van der Waals surface area contributed by atoms with Crippen LogP contribution in [0.2, 0.25) is 0 Å². The minimum absolute atomic E-state index is 0.00922. The summed E-state index contributed by atoms with van der Waals surface area (Å²) in [6.07, 6.45) is 3.16. The normalized spacial score (nSPS) is 11.3. The fraction of sp³-hybridized carbons (Fsp3) is 0.200. The molecule has 0 radical (unpaired) electrons. The Morgan fingerprint density at radius 3 is 2.54 bits per heavy atom. The molecule has 26 heavy (non-hydrogen) atoms. The van der Waals surface area contributed by atoms with E-state index in [4.69, 9.17) is 0 Å². The molecule has 0 unspecified atom stereocenters. The fourth-order valence-electron chi connectivity index (χ4n) is 2.65. The topological polar surface area (TPSA) is 55.0 Å². The van der Waals surface area contributed by atoms with Gasteiger partial charge < -0.3 is 9.30 Å². The largest absolute Gasteiger partial charge is 0.435 e. The molecule has 1 heterocycles. The van der Waals surface area contributed by atoms with Crippen molar-refractivity contribution in [3.05, 3.63) is 71.1 Å². The lowest BCUT2D eigenvalue weighted by atomic mass is 10.0. The van der Waals surface area contributed by atoms with E-state index >= 15 is 0 Å². The van der Waals surface area contributed by atoms with Crippen molar-refractivity contribution < 1.29 is 18.3 Å². The predicted molar refractivity (Wildman–Crippen MR) is 95.1 cm³/mol. The molecule has 0 aliphatic carbocycles. The molecule has 134 valence electrons. The maximum atomic E-state index is 12.7. The number of hydrogen-bond donors (Lipinski definition) is 0. The van der Waals surface area contributed by atoms with Crippen LogP contribution < -0.4 is 4.74 Å². The van der Waals surface area contributed by atoms with Gasteiger partial charge in [0.15, 0.2) is 0 Å². The molecule has 0 amide bonds. The van der Waals surface area contributed by atoms with Gasteiger partial charge in [-0.1, -0.05) is 18.2 Å². The average Bonchev–Trinajstić information content (AvgIpc) is 2.88. The summed E-state index contributed by atoms with van der Waals surface area (Å²) in [5.41, 5.74) is 2.61. The zero-order chi connectivity index (χ0) is 19.3. The highest BCUT2D eigenvalue weighted by molar-refractivity contribution is 6.14. The second kappa shape index (κ2) is 8.26. The summed E-state index contributed by atoms with van der Waals surface area (Å²) in [5.74, 6) is -0.376. The maximum Gasteiger partial charge on any atom is 0.387 e. The molecule has 0 saturated heterocycles. The van der Waals surface area contributed by atoms with Crippen LogP contribution >= 0.6 is 0 Å². The van der Waals surface area contributed by atoms with E-state index in [-0.39, 0.29) is 17.1 Å². The van der Waals surface area contributed by atoms with Gasteiger partial charge in [-0.3, -0.25) is 4.79 Å². The number of ether oxygens (including phenoxy) is 1. The number of alkyl halides is 2. The number of benzene rings is 1. The molecule has 0 aliphatic rings. The van der Waals surface area contributed by atoms with Gasteiger partial charge in [0.2, 0.25) is 5.78 Å². The molecule has 1 aromatic heterocycles. The fourth-order valence-corrected chi connectivity index (χ4v) is 2.65. The maximum absolute atomic E-state index is 12.7. The standard InChI is InChI=1S/C20H18F2N2O2/c1-4-9-24-13(2)10-18(14(24)3)19(25)16(12-23)11-15-5-7-17(8-6-15)26-20(21)22/h4-8,10-11,20H,1,9H2,2-3H3/b16-11+. The zero-order valence-corrected chi connectivity index (χ0v) is 14.5. The van der Waals surface area contributed by atoms with Crippen molar-refractivity contribution in [2.24, 2.45) is 0 Å². The van der Waals surface area contributed by atoms with Gasteiger partial charge in [-0.15, -0.1) is 6.58 Å². The van der Waals surface area contributed by atoms with E-state index in [2.05, 4.69) is 11.3 Å². The van der Waals surface area contributed by atoms with Crippen LogP contribution in [-0.4, -0.2) is 17.0 Å². The molecular weight excluding hydrogens is 338 g/mol. The first-order chi connectivity index (χ1) is 12.4. The van der Waals surface area contributed by atoms with Crippen molar-refractivity contribution in [2.45, 2.75) is 27.0 Å². The molecule has 2 rings (SSSR count). The Balaban J connectivity index is 2.32. The van der Waals surface area contributed by atoms with Crippen molar-refractivity contribution in [3.63, 3.8) is 0 Å². The highest BCUT2D eigenvalue weighted by Gasteiger charge is 2.19. The average molecular weight is 356 g/mol. The van der Waals surface area contributed by atoms with E-state index in [9.17, 15) is 18.8 Å². The monoisotopic (exact) mass is 356 g/mol. The number of nitrogens with zero attached hydrogens (tertiary/aromatic N) is 2. The third kappa shape index (κ3) is 4.25. The SMILES string of the molecule is C=CCn1c(C)cc(C(=O)/C(C#N)=C/c2ccc(OC(F)F)cc2)c1C. The second-order valence-electron chi connectivity index (χ2n) is 5.63. The number of aryl methyl sites for hydroxylation is 1. The first-order valence-electron chi connectivity index (χ1n) is 7.86. The predicted octanol–water partition coefficient (Wildman–Crippen LogP) is 4.68. The minimum Gasteiger partial charge on any atom is -0.435 e. The van der Waals surface area contributed by atoms with Gasteiger partial charge in [0.25, 0.3) is 0 Å². The number of allylic oxidation sites excluding steroid dienone is 2. The summed E-state index contributed by atoms with van der Waals surface area (Å²) in [5, 5.41) is 9.38.